The van der Waals surface area contributed by atoms with Crippen molar-refractivity contribution in [1.29, 1.82) is 0 Å². The van der Waals surface area contributed by atoms with E-state index < -0.39 is 0 Å². The fraction of sp³-hybridized carbons (Fsp3) is 0.417. The molecule has 2 aromatic rings. The Morgan fingerprint density at radius 2 is 1.56 bits per heavy atom. The van der Waals surface area contributed by atoms with Crippen molar-refractivity contribution < 1.29 is 14.3 Å². The summed E-state index contributed by atoms with van der Waals surface area (Å²) in [5, 5.41) is 0. The van der Waals surface area contributed by atoms with Crippen molar-refractivity contribution in [2.24, 2.45) is 0 Å². The number of carbonyl (C=O) groups is 2. The van der Waals surface area contributed by atoms with E-state index in [9.17, 15) is 9.59 Å². The van der Waals surface area contributed by atoms with E-state index >= 15 is 0 Å². The first-order valence-corrected chi connectivity index (χ1v) is 11.1. The van der Waals surface area contributed by atoms with Crippen LogP contribution in [-0.2, 0) is 14.3 Å². The maximum Gasteiger partial charge on any atom is 0.277 e. The molecule has 32 heavy (non-hydrogen) atoms. The lowest BCUT2D eigenvalue weighted by atomic mass is 10.0. The van der Waals surface area contributed by atoms with E-state index in [0.717, 1.165) is 5.56 Å². The number of aromatic nitrogens is 2. The maximum absolute atomic E-state index is 13.4. The first-order chi connectivity index (χ1) is 15.6. The largest absolute Gasteiger partial charge is 0.379 e. The molecule has 1 saturated heterocycles. The number of hydrogen-bond acceptors (Lipinski definition) is 7. The minimum absolute atomic E-state index is 0.124. The molecule has 0 atom stereocenters. The van der Waals surface area contributed by atoms with Crippen molar-refractivity contribution in [1.82, 2.24) is 19.8 Å². The van der Waals surface area contributed by atoms with Crippen LogP contribution in [0.4, 0.5) is 5.95 Å². The fourth-order valence-electron chi connectivity index (χ4n) is 4.05. The molecule has 1 fully saturated rings. The van der Waals surface area contributed by atoms with Gasteiger partial charge in [0.2, 0.25) is 5.95 Å². The minimum atomic E-state index is -0.227. The second kappa shape index (κ2) is 9.91. The van der Waals surface area contributed by atoms with E-state index in [1.807, 2.05) is 49.1 Å². The van der Waals surface area contributed by atoms with Gasteiger partial charge in [0.25, 0.3) is 11.8 Å². The minimum Gasteiger partial charge on any atom is -0.379 e. The third kappa shape index (κ3) is 4.65. The normalized spacial score (nSPS) is 17.2. The zero-order chi connectivity index (χ0) is 22.5. The van der Waals surface area contributed by atoms with Crippen LogP contribution in [0.3, 0.4) is 0 Å². The number of nitrogens with zero attached hydrogens (tertiary/aromatic N) is 5. The SMILES string of the molecule is CC(C)OCCCN1C(=O)C(c2ccccc2)=C(N2CCN(c3ncccn3)CC2)C1=O. The monoisotopic (exact) mass is 435 g/mol. The van der Waals surface area contributed by atoms with Gasteiger partial charge in [0, 0.05) is 51.7 Å². The predicted molar refractivity (Wildman–Crippen MR) is 122 cm³/mol. The average molecular weight is 436 g/mol. The first-order valence-electron chi connectivity index (χ1n) is 11.1. The number of piperazine rings is 1. The Bertz CT molecular complexity index is 970. The molecule has 4 rings (SSSR count). The Kier molecular flexibility index (Phi) is 6.80. The van der Waals surface area contributed by atoms with E-state index in [-0.39, 0.29) is 17.9 Å². The number of carbonyl (C=O) groups excluding carboxylic acids is 2. The number of amides is 2. The fourth-order valence-corrected chi connectivity index (χ4v) is 4.05. The van der Waals surface area contributed by atoms with E-state index in [4.69, 9.17) is 4.74 Å². The van der Waals surface area contributed by atoms with Crippen LogP contribution in [0.25, 0.3) is 5.57 Å². The first kappa shape index (κ1) is 22.0. The van der Waals surface area contributed by atoms with Crippen molar-refractivity contribution in [3.8, 4) is 0 Å². The number of anilines is 1. The summed E-state index contributed by atoms with van der Waals surface area (Å²) in [6.45, 7) is 7.40. The Morgan fingerprint density at radius 3 is 2.22 bits per heavy atom. The summed E-state index contributed by atoms with van der Waals surface area (Å²) in [5.74, 6) is 0.238. The Hall–Kier alpha value is -3.26. The highest BCUT2D eigenvalue weighted by Crippen LogP contribution is 2.32. The third-order valence-electron chi connectivity index (χ3n) is 5.61. The van der Waals surface area contributed by atoms with Gasteiger partial charge in [-0.1, -0.05) is 30.3 Å². The van der Waals surface area contributed by atoms with Crippen LogP contribution >= 0.6 is 0 Å². The molecule has 3 heterocycles. The molecule has 0 bridgehead atoms. The number of rotatable bonds is 8. The smallest absolute Gasteiger partial charge is 0.277 e. The molecule has 2 amide bonds. The molecule has 0 aliphatic carbocycles. The lowest BCUT2D eigenvalue weighted by molar-refractivity contribution is -0.137. The van der Waals surface area contributed by atoms with Gasteiger partial charge in [0.15, 0.2) is 0 Å². The third-order valence-corrected chi connectivity index (χ3v) is 5.61. The Morgan fingerprint density at radius 1 is 0.906 bits per heavy atom. The summed E-state index contributed by atoms with van der Waals surface area (Å²) < 4.78 is 5.59. The maximum atomic E-state index is 13.4. The van der Waals surface area contributed by atoms with Crippen LogP contribution in [0.1, 0.15) is 25.8 Å². The van der Waals surface area contributed by atoms with Crippen LogP contribution < -0.4 is 4.90 Å². The molecule has 0 N–H and O–H groups in total. The van der Waals surface area contributed by atoms with Crippen molar-refractivity contribution in [3.05, 3.63) is 60.1 Å². The Labute approximate surface area is 188 Å². The molecule has 1 aromatic heterocycles. The molecule has 0 spiro atoms. The molecule has 2 aliphatic heterocycles. The van der Waals surface area contributed by atoms with Crippen molar-refractivity contribution in [2.45, 2.75) is 26.4 Å². The number of ether oxygens (including phenoxy) is 1. The quantitative estimate of drug-likeness (QED) is 0.465. The highest BCUT2D eigenvalue weighted by Gasteiger charge is 2.41. The van der Waals surface area contributed by atoms with Crippen LogP contribution in [-0.4, -0.2) is 77.0 Å². The summed E-state index contributed by atoms with van der Waals surface area (Å²) in [4.78, 5) is 40.9. The van der Waals surface area contributed by atoms with E-state index in [1.165, 1.54) is 4.90 Å². The second-order valence-corrected chi connectivity index (χ2v) is 8.15. The van der Waals surface area contributed by atoms with Gasteiger partial charge in [-0.25, -0.2) is 9.97 Å². The summed E-state index contributed by atoms with van der Waals surface area (Å²) in [7, 11) is 0. The van der Waals surface area contributed by atoms with Crippen LogP contribution in [0.2, 0.25) is 0 Å². The van der Waals surface area contributed by atoms with Crippen molar-refractivity contribution >= 4 is 23.3 Å². The van der Waals surface area contributed by atoms with E-state index in [0.29, 0.717) is 63.0 Å². The zero-order valence-corrected chi connectivity index (χ0v) is 18.6. The molecular weight excluding hydrogens is 406 g/mol. The molecule has 0 saturated carbocycles. The zero-order valence-electron chi connectivity index (χ0n) is 18.6. The second-order valence-electron chi connectivity index (χ2n) is 8.15. The molecule has 8 nitrogen and oxygen atoms in total. The molecule has 168 valence electrons. The Balaban J connectivity index is 1.54. The summed E-state index contributed by atoms with van der Waals surface area (Å²) in [6, 6.07) is 11.3. The van der Waals surface area contributed by atoms with Gasteiger partial charge in [0.05, 0.1) is 11.7 Å². The van der Waals surface area contributed by atoms with Gasteiger partial charge >= 0.3 is 0 Å². The summed E-state index contributed by atoms with van der Waals surface area (Å²) in [6.07, 6.45) is 4.19. The predicted octanol–water partition coefficient (Wildman–Crippen LogP) is 2.19. The van der Waals surface area contributed by atoms with Gasteiger partial charge in [0.1, 0.15) is 5.70 Å². The molecule has 0 unspecified atom stereocenters. The summed E-state index contributed by atoms with van der Waals surface area (Å²) >= 11 is 0. The van der Waals surface area contributed by atoms with Crippen LogP contribution in [0, 0.1) is 0 Å². The van der Waals surface area contributed by atoms with Gasteiger partial charge in [-0.3, -0.25) is 14.5 Å². The van der Waals surface area contributed by atoms with Crippen molar-refractivity contribution in [2.75, 3.05) is 44.2 Å². The van der Waals surface area contributed by atoms with E-state index in [2.05, 4.69) is 14.9 Å². The van der Waals surface area contributed by atoms with Crippen LogP contribution in [0.15, 0.2) is 54.5 Å². The highest BCUT2D eigenvalue weighted by atomic mass is 16.5. The van der Waals surface area contributed by atoms with E-state index in [1.54, 1.807) is 18.5 Å². The summed E-state index contributed by atoms with van der Waals surface area (Å²) in [5.41, 5.74) is 1.76. The molecule has 8 heteroatoms. The molecule has 0 radical (unpaired) electrons. The highest BCUT2D eigenvalue weighted by molar-refractivity contribution is 6.35. The molecular formula is C24H29N5O3. The van der Waals surface area contributed by atoms with Gasteiger partial charge in [-0.15, -0.1) is 0 Å². The van der Waals surface area contributed by atoms with Crippen molar-refractivity contribution in [3.63, 3.8) is 0 Å². The number of hydrogen-bond donors (Lipinski definition) is 0. The molecule has 2 aliphatic rings. The lowest BCUT2D eigenvalue weighted by Crippen LogP contribution is -2.48. The van der Waals surface area contributed by atoms with Gasteiger partial charge < -0.3 is 14.5 Å². The number of benzene rings is 1. The standard InChI is InChI=1S/C24H29N5O3/c1-18(2)32-17-7-12-29-22(30)20(19-8-4-3-5-9-19)21(23(29)31)27-13-15-28(16-14-27)24-25-10-6-11-26-24/h3-6,8-11,18H,7,12-17H2,1-2H3. The lowest BCUT2D eigenvalue weighted by Gasteiger charge is -2.36. The number of imide groups is 1. The topological polar surface area (TPSA) is 78.9 Å². The van der Waals surface area contributed by atoms with Crippen LogP contribution in [0.5, 0.6) is 0 Å². The van der Waals surface area contributed by atoms with Gasteiger partial charge in [-0.2, -0.15) is 0 Å². The van der Waals surface area contributed by atoms with Gasteiger partial charge in [-0.05, 0) is 31.9 Å². The average Bonchev–Trinajstić information content (AvgIpc) is 3.07. The molecule has 1 aromatic carbocycles.